The van der Waals surface area contributed by atoms with Crippen molar-refractivity contribution in [3.63, 3.8) is 0 Å². The van der Waals surface area contributed by atoms with Crippen molar-refractivity contribution < 1.29 is 29.4 Å². The summed E-state index contributed by atoms with van der Waals surface area (Å²) in [6.07, 6.45) is 2.65. The molecule has 2 atom stereocenters. The summed E-state index contributed by atoms with van der Waals surface area (Å²) in [5, 5.41) is 28.0. The van der Waals surface area contributed by atoms with Crippen molar-refractivity contribution in [3.05, 3.63) is 53.6 Å². The third-order valence-electron chi connectivity index (χ3n) is 7.72. The van der Waals surface area contributed by atoms with Crippen LogP contribution in [0.1, 0.15) is 57.6 Å². The van der Waals surface area contributed by atoms with Crippen molar-refractivity contribution in [1.82, 2.24) is 15.1 Å². The molecule has 11 nitrogen and oxygen atoms in total. The third-order valence-corrected chi connectivity index (χ3v) is 7.72. The first kappa shape index (κ1) is 29.9. The number of amides is 6. The molecule has 41 heavy (non-hydrogen) atoms. The maximum Gasteiger partial charge on any atom is 0.328 e. The number of hydrogen-bond donors (Lipinski definition) is 5. The van der Waals surface area contributed by atoms with Crippen molar-refractivity contribution in [2.45, 2.75) is 77.5 Å². The number of hydrogen-bond acceptors (Lipinski definition) is 6. The van der Waals surface area contributed by atoms with Gasteiger partial charge in [-0.1, -0.05) is 37.1 Å². The monoisotopic (exact) mass is 565 g/mol. The lowest BCUT2D eigenvalue weighted by Crippen LogP contribution is -2.52. The van der Waals surface area contributed by atoms with Gasteiger partial charge in [-0.25, -0.2) is 14.5 Å². The number of nitrogens with one attached hydrogen (secondary N) is 3. The van der Waals surface area contributed by atoms with E-state index in [9.17, 15) is 29.4 Å². The van der Waals surface area contributed by atoms with Crippen LogP contribution < -0.4 is 16.0 Å². The fourth-order valence-electron chi connectivity index (χ4n) is 4.96. The van der Waals surface area contributed by atoms with Crippen LogP contribution in [0.2, 0.25) is 0 Å². The van der Waals surface area contributed by atoms with E-state index in [1.807, 2.05) is 19.1 Å². The lowest BCUT2D eigenvalue weighted by atomic mass is 10.0. The van der Waals surface area contributed by atoms with Gasteiger partial charge in [0.2, 0.25) is 5.91 Å². The molecule has 2 aromatic carbocycles. The number of imide groups is 1. The highest BCUT2D eigenvalue weighted by Gasteiger charge is 2.55. The first-order chi connectivity index (χ1) is 19.4. The predicted molar refractivity (Wildman–Crippen MR) is 154 cm³/mol. The van der Waals surface area contributed by atoms with E-state index in [0.717, 1.165) is 23.3 Å². The minimum Gasteiger partial charge on any atom is -0.506 e. The SMILES string of the molecule is Cc1ccccc1NC(=O)Nc1ccc(CN2C(=O)N(C(CC3CC3)C(=O)NC(C)CCO)C(=O)C2(C)C)cc1O. The fraction of sp³-hybridized carbons (Fsp3) is 0.467. The van der Waals surface area contributed by atoms with Crippen LogP contribution in [0.5, 0.6) is 5.75 Å². The Morgan fingerprint density at radius 2 is 1.76 bits per heavy atom. The minimum absolute atomic E-state index is 0.00992. The molecule has 0 aromatic heterocycles. The number of aryl methyl sites for hydroxylation is 1. The fourth-order valence-corrected chi connectivity index (χ4v) is 4.96. The van der Waals surface area contributed by atoms with Gasteiger partial charge in [0.05, 0.1) is 5.69 Å². The Bertz CT molecular complexity index is 1320. The predicted octanol–water partition coefficient (Wildman–Crippen LogP) is 3.94. The number of carbonyl (C=O) groups is 4. The molecule has 2 unspecified atom stereocenters. The lowest BCUT2D eigenvalue weighted by molar-refractivity contribution is -0.139. The first-order valence-corrected chi connectivity index (χ1v) is 13.9. The summed E-state index contributed by atoms with van der Waals surface area (Å²) in [5.41, 5.74) is 1.03. The Balaban J connectivity index is 1.48. The summed E-state index contributed by atoms with van der Waals surface area (Å²) in [5.74, 6) is -0.793. The van der Waals surface area contributed by atoms with Crippen LogP contribution in [0.25, 0.3) is 0 Å². The molecule has 6 amide bonds. The van der Waals surface area contributed by atoms with Crippen molar-refractivity contribution in [3.8, 4) is 5.75 Å². The molecular formula is C30H39N5O6. The van der Waals surface area contributed by atoms with Gasteiger partial charge in [0.1, 0.15) is 17.3 Å². The molecular weight excluding hydrogens is 526 g/mol. The lowest BCUT2D eigenvalue weighted by Gasteiger charge is -2.28. The van der Waals surface area contributed by atoms with E-state index in [2.05, 4.69) is 16.0 Å². The van der Waals surface area contributed by atoms with Gasteiger partial charge in [-0.15, -0.1) is 0 Å². The number of benzene rings is 2. The van der Waals surface area contributed by atoms with Gasteiger partial charge in [-0.05, 0) is 75.8 Å². The average Bonchev–Trinajstić information content (AvgIpc) is 3.71. The highest BCUT2D eigenvalue weighted by atomic mass is 16.3. The molecule has 2 fully saturated rings. The van der Waals surface area contributed by atoms with Crippen LogP contribution >= 0.6 is 0 Å². The molecule has 1 aliphatic heterocycles. The number of aromatic hydroxyl groups is 1. The summed E-state index contributed by atoms with van der Waals surface area (Å²) in [6, 6.07) is 9.59. The first-order valence-electron chi connectivity index (χ1n) is 13.9. The van der Waals surface area contributed by atoms with Gasteiger partial charge in [0, 0.05) is 24.9 Å². The summed E-state index contributed by atoms with van der Waals surface area (Å²) in [7, 11) is 0. The van der Waals surface area contributed by atoms with Crippen molar-refractivity contribution >= 4 is 35.3 Å². The molecule has 11 heteroatoms. The van der Waals surface area contributed by atoms with Gasteiger partial charge in [0.25, 0.3) is 5.91 Å². The quantitative estimate of drug-likeness (QED) is 0.206. The molecule has 1 saturated heterocycles. The van der Waals surface area contributed by atoms with E-state index in [1.54, 1.807) is 39.0 Å². The van der Waals surface area contributed by atoms with Crippen molar-refractivity contribution in [1.29, 1.82) is 0 Å². The number of nitrogens with zero attached hydrogens (tertiary/aromatic N) is 2. The number of aliphatic hydroxyl groups is 1. The van der Waals surface area contributed by atoms with Gasteiger partial charge in [0.15, 0.2) is 0 Å². The molecule has 1 aliphatic carbocycles. The summed E-state index contributed by atoms with van der Waals surface area (Å²) < 4.78 is 0. The number of phenols is 1. The molecule has 4 rings (SSSR count). The van der Waals surface area contributed by atoms with Crippen LogP contribution in [0, 0.1) is 12.8 Å². The normalized spacial score (nSPS) is 17.8. The Morgan fingerprint density at radius 3 is 2.39 bits per heavy atom. The Labute approximate surface area is 239 Å². The Kier molecular flexibility index (Phi) is 8.86. The molecule has 0 spiro atoms. The second-order valence-electron chi connectivity index (χ2n) is 11.5. The molecule has 1 heterocycles. The van der Waals surface area contributed by atoms with Crippen LogP contribution in [-0.2, 0) is 16.1 Å². The topological polar surface area (TPSA) is 151 Å². The number of para-hydroxylation sites is 1. The molecule has 220 valence electrons. The summed E-state index contributed by atoms with van der Waals surface area (Å²) >= 11 is 0. The minimum atomic E-state index is -1.23. The van der Waals surface area contributed by atoms with Crippen LogP contribution in [0.4, 0.5) is 21.0 Å². The van der Waals surface area contributed by atoms with Gasteiger partial charge in [-0.3, -0.25) is 9.59 Å². The summed E-state index contributed by atoms with van der Waals surface area (Å²) in [6.45, 7) is 6.83. The second kappa shape index (κ2) is 12.2. The zero-order valence-corrected chi connectivity index (χ0v) is 23.9. The highest BCUT2D eigenvalue weighted by Crippen LogP contribution is 2.38. The van der Waals surface area contributed by atoms with Gasteiger partial charge in [-0.2, -0.15) is 0 Å². The number of phenolic OH excluding ortho intramolecular Hbond substituents is 1. The molecule has 1 saturated carbocycles. The van der Waals surface area contributed by atoms with Gasteiger partial charge < -0.3 is 31.1 Å². The van der Waals surface area contributed by atoms with E-state index < -0.39 is 35.5 Å². The third kappa shape index (κ3) is 6.79. The Morgan fingerprint density at radius 1 is 1.07 bits per heavy atom. The molecule has 2 aliphatic rings. The van der Waals surface area contributed by atoms with Crippen molar-refractivity contribution in [2.24, 2.45) is 5.92 Å². The molecule has 0 radical (unpaired) electrons. The van der Waals surface area contributed by atoms with E-state index in [0.29, 0.717) is 24.1 Å². The number of aliphatic hydroxyl groups excluding tert-OH is 1. The molecule has 0 bridgehead atoms. The summed E-state index contributed by atoms with van der Waals surface area (Å²) in [4.78, 5) is 55.4. The van der Waals surface area contributed by atoms with Crippen LogP contribution in [-0.4, -0.2) is 68.1 Å². The van der Waals surface area contributed by atoms with Crippen LogP contribution in [0.15, 0.2) is 42.5 Å². The number of carbonyl (C=O) groups excluding carboxylic acids is 4. The van der Waals surface area contributed by atoms with Crippen molar-refractivity contribution in [2.75, 3.05) is 17.2 Å². The number of anilines is 2. The zero-order chi connectivity index (χ0) is 29.9. The van der Waals surface area contributed by atoms with E-state index in [1.165, 1.54) is 17.0 Å². The van der Waals surface area contributed by atoms with Gasteiger partial charge >= 0.3 is 12.1 Å². The molecule has 2 aromatic rings. The Hall–Kier alpha value is -4.12. The second-order valence-corrected chi connectivity index (χ2v) is 11.5. The van der Waals surface area contributed by atoms with E-state index >= 15 is 0 Å². The number of urea groups is 2. The number of rotatable bonds is 11. The average molecular weight is 566 g/mol. The zero-order valence-electron chi connectivity index (χ0n) is 23.9. The van der Waals surface area contributed by atoms with Crippen LogP contribution in [0.3, 0.4) is 0 Å². The highest BCUT2D eigenvalue weighted by molar-refractivity contribution is 6.09. The standard InChI is InChI=1S/C30H39N5O6/c1-18-7-5-6-8-22(18)32-28(40)33-23-12-11-21(16-25(23)37)17-34-29(41)35(27(39)30(34,3)4)24(15-20-9-10-20)26(38)31-19(2)13-14-36/h5-8,11-12,16,19-20,24,36-37H,9-10,13-15,17H2,1-4H3,(H,31,38)(H2,32,33,40). The smallest absolute Gasteiger partial charge is 0.328 e. The maximum atomic E-state index is 13.7. The van der Waals surface area contributed by atoms with E-state index in [4.69, 9.17) is 0 Å². The maximum absolute atomic E-state index is 13.7. The molecule has 5 N–H and O–H groups in total. The largest absolute Gasteiger partial charge is 0.506 e. The van der Waals surface area contributed by atoms with E-state index in [-0.39, 0.29) is 36.5 Å².